The molecule has 1 fully saturated rings. The van der Waals surface area contributed by atoms with E-state index in [0.29, 0.717) is 17.6 Å². The smallest absolute Gasteiger partial charge is 0.193 e. The Morgan fingerprint density at radius 2 is 2.08 bits per heavy atom. The summed E-state index contributed by atoms with van der Waals surface area (Å²) in [5, 5.41) is 3.10. The predicted molar refractivity (Wildman–Crippen MR) is 113 cm³/mol. The van der Waals surface area contributed by atoms with Gasteiger partial charge in [-0.25, -0.2) is 4.99 Å². The topological polar surface area (TPSA) is 68.9 Å². The first kappa shape index (κ1) is 19.3. The van der Waals surface area contributed by atoms with Crippen LogP contribution in [0.1, 0.15) is 17.2 Å². The van der Waals surface area contributed by atoms with Gasteiger partial charge in [0.05, 0.1) is 29.7 Å². The van der Waals surface area contributed by atoms with Crippen LogP contribution in [0.25, 0.3) is 0 Å². The van der Waals surface area contributed by atoms with Crippen molar-refractivity contribution in [2.75, 3.05) is 19.5 Å². The molecule has 0 amide bonds. The number of aliphatic imine (C=N–C) groups is 1. The first-order valence-electron chi connectivity index (χ1n) is 7.18. The summed E-state index contributed by atoms with van der Waals surface area (Å²) in [6.07, 6.45) is 1.03. The number of halogens is 2. The number of ether oxygens (including phenoxy) is 2. The van der Waals surface area contributed by atoms with Crippen LogP contribution in [-0.4, -0.2) is 26.2 Å². The number of hydrogen-bond acceptors (Lipinski definition) is 4. The highest BCUT2D eigenvalue weighted by Crippen LogP contribution is 2.46. The van der Waals surface area contributed by atoms with Gasteiger partial charge in [0.1, 0.15) is 11.5 Å². The number of benzene rings is 1. The number of guanidine groups is 1. The first-order chi connectivity index (χ1) is 11.1. The quantitative estimate of drug-likeness (QED) is 0.345. The zero-order valence-corrected chi connectivity index (χ0v) is 18.0. The van der Waals surface area contributed by atoms with Crippen molar-refractivity contribution >= 4 is 62.9 Å². The molecule has 2 atom stereocenters. The van der Waals surface area contributed by atoms with E-state index in [1.54, 1.807) is 25.6 Å². The normalized spacial score (nSPS) is 19.4. The lowest BCUT2D eigenvalue weighted by Crippen LogP contribution is -2.23. The molecule has 1 aromatic carbocycles. The lowest BCUT2D eigenvalue weighted by Gasteiger charge is -2.12. The second kappa shape index (κ2) is 8.39. The third kappa shape index (κ3) is 4.54. The summed E-state index contributed by atoms with van der Waals surface area (Å²) < 4.78 is 11.7. The van der Waals surface area contributed by atoms with E-state index in [1.807, 2.05) is 18.2 Å². The molecule has 3 N–H and O–H groups in total. The Balaban J connectivity index is 0.00000208. The predicted octanol–water partition coefficient (Wildman–Crippen LogP) is 4.43. The minimum Gasteiger partial charge on any atom is -0.497 e. The summed E-state index contributed by atoms with van der Waals surface area (Å²) in [7, 11) is 3.24. The number of thiophene rings is 1. The van der Waals surface area contributed by atoms with Crippen molar-refractivity contribution in [3.05, 3.63) is 39.0 Å². The third-order valence-corrected chi connectivity index (χ3v) is 5.45. The van der Waals surface area contributed by atoms with Crippen LogP contribution in [0, 0.1) is 0 Å². The summed E-state index contributed by atoms with van der Waals surface area (Å²) in [5.74, 6) is 2.28. The monoisotopic (exact) mass is 523 g/mol. The van der Waals surface area contributed by atoms with Crippen molar-refractivity contribution in [1.29, 1.82) is 0 Å². The van der Waals surface area contributed by atoms with E-state index in [-0.39, 0.29) is 30.0 Å². The van der Waals surface area contributed by atoms with Crippen LogP contribution < -0.4 is 20.5 Å². The van der Waals surface area contributed by atoms with Crippen LogP contribution >= 0.6 is 51.2 Å². The van der Waals surface area contributed by atoms with Crippen LogP contribution in [0.4, 0.5) is 5.69 Å². The van der Waals surface area contributed by atoms with E-state index in [4.69, 9.17) is 15.2 Å². The summed E-state index contributed by atoms with van der Waals surface area (Å²) >= 11 is 5.25. The molecule has 0 bridgehead atoms. The van der Waals surface area contributed by atoms with Gasteiger partial charge in [-0.1, -0.05) is 0 Å². The Morgan fingerprint density at radius 1 is 1.29 bits per heavy atom. The van der Waals surface area contributed by atoms with Gasteiger partial charge < -0.3 is 20.5 Å². The van der Waals surface area contributed by atoms with E-state index >= 15 is 0 Å². The molecule has 0 spiro atoms. The molecule has 0 aliphatic heterocycles. The largest absolute Gasteiger partial charge is 0.497 e. The number of nitrogens with one attached hydrogen (secondary N) is 1. The molecule has 0 saturated heterocycles. The molecular formula is C16H19BrIN3O2S. The minimum atomic E-state index is 0. The average molecular weight is 524 g/mol. The molecule has 1 aliphatic carbocycles. The van der Waals surface area contributed by atoms with Crippen molar-refractivity contribution < 1.29 is 9.47 Å². The standard InChI is InChI=1S/C16H18BrN3O2S.HI/c1-21-9-3-4-13(22-2)12(7-9)20-16(18)19-11-8-10(11)14-5-6-15(17)23-14;/h3-7,10-11H,8H2,1-2H3,(H3,18,19,20);1H/t10-,11-;/m1./s1. The summed E-state index contributed by atoms with van der Waals surface area (Å²) in [6, 6.07) is 9.96. The van der Waals surface area contributed by atoms with Crippen molar-refractivity contribution in [3.63, 3.8) is 0 Å². The summed E-state index contributed by atoms with van der Waals surface area (Å²) in [5.41, 5.74) is 6.78. The van der Waals surface area contributed by atoms with Gasteiger partial charge in [-0.2, -0.15) is 0 Å². The van der Waals surface area contributed by atoms with Gasteiger partial charge in [-0.15, -0.1) is 35.3 Å². The molecular weight excluding hydrogens is 505 g/mol. The number of nitrogens with zero attached hydrogens (tertiary/aromatic N) is 1. The molecule has 24 heavy (non-hydrogen) atoms. The van der Waals surface area contributed by atoms with Gasteiger partial charge in [0.15, 0.2) is 5.96 Å². The molecule has 0 unspecified atom stereocenters. The Hall–Kier alpha value is -1.00. The zero-order valence-electron chi connectivity index (χ0n) is 13.3. The van der Waals surface area contributed by atoms with Crippen LogP contribution in [0.5, 0.6) is 11.5 Å². The molecule has 130 valence electrons. The number of nitrogens with two attached hydrogens (primary N) is 1. The maximum atomic E-state index is 6.04. The number of methoxy groups -OCH3 is 2. The molecule has 1 heterocycles. The average Bonchev–Trinajstić information content (AvgIpc) is 3.16. The van der Waals surface area contributed by atoms with Crippen molar-refractivity contribution in [1.82, 2.24) is 0 Å². The van der Waals surface area contributed by atoms with E-state index in [9.17, 15) is 0 Å². The summed E-state index contributed by atoms with van der Waals surface area (Å²) in [6.45, 7) is 0. The zero-order chi connectivity index (χ0) is 16.4. The van der Waals surface area contributed by atoms with Crippen LogP contribution in [0.3, 0.4) is 0 Å². The molecule has 1 aliphatic rings. The van der Waals surface area contributed by atoms with Gasteiger partial charge in [0, 0.05) is 16.9 Å². The first-order valence-corrected chi connectivity index (χ1v) is 8.79. The summed E-state index contributed by atoms with van der Waals surface area (Å²) in [4.78, 5) is 5.90. The van der Waals surface area contributed by atoms with Crippen LogP contribution in [0.2, 0.25) is 0 Å². The van der Waals surface area contributed by atoms with Crippen molar-refractivity contribution in [2.24, 2.45) is 10.7 Å². The van der Waals surface area contributed by atoms with Gasteiger partial charge in [0.25, 0.3) is 0 Å². The molecule has 1 aromatic heterocycles. The highest BCUT2D eigenvalue weighted by molar-refractivity contribution is 14.0. The number of anilines is 1. The van der Waals surface area contributed by atoms with Crippen LogP contribution in [0.15, 0.2) is 39.1 Å². The van der Waals surface area contributed by atoms with E-state index in [1.165, 1.54) is 4.88 Å². The van der Waals surface area contributed by atoms with Gasteiger partial charge >= 0.3 is 0 Å². The second-order valence-corrected chi connectivity index (χ2v) is 7.75. The second-order valence-electron chi connectivity index (χ2n) is 5.26. The van der Waals surface area contributed by atoms with E-state index in [2.05, 4.69) is 38.4 Å². The maximum absolute atomic E-state index is 6.04. The maximum Gasteiger partial charge on any atom is 0.193 e. The van der Waals surface area contributed by atoms with Crippen molar-refractivity contribution in [2.45, 2.75) is 18.4 Å². The van der Waals surface area contributed by atoms with E-state index < -0.39 is 0 Å². The Morgan fingerprint density at radius 3 is 2.71 bits per heavy atom. The highest BCUT2D eigenvalue weighted by atomic mass is 127. The molecule has 8 heteroatoms. The van der Waals surface area contributed by atoms with E-state index in [0.717, 1.165) is 21.6 Å². The number of rotatable bonds is 5. The molecule has 2 aromatic rings. The van der Waals surface area contributed by atoms with Gasteiger partial charge in [0.2, 0.25) is 0 Å². The van der Waals surface area contributed by atoms with Gasteiger partial charge in [-0.3, -0.25) is 0 Å². The Kier molecular flexibility index (Phi) is 6.76. The fraction of sp³-hybridized carbons (Fsp3) is 0.312. The van der Waals surface area contributed by atoms with Crippen LogP contribution in [-0.2, 0) is 0 Å². The van der Waals surface area contributed by atoms with Gasteiger partial charge in [-0.05, 0) is 46.6 Å². The fourth-order valence-electron chi connectivity index (χ4n) is 2.42. The SMILES string of the molecule is COc1ccc(OC)c(NC(N)=N[C@@H]2C[C@H]2c2ccc(Br)s2)c1.I. The molecule has 5 nitrogen and oxygen atoms in total. The Labute approximate surface area is 170 Å². The lowest BCUT2D eigenvalue weighted by atomic mass is 10.2. The molecule has 1 saturated carbocycles. The molecule has 3 rings (SSSR count). The number of hydrogen-bond donors (Lipinski definition) is 2. The lowest BCUT2D eigenvalue weighted by molar-refractivity contribution is 0.405. The Bertz CT molecular complexity index is 738. The molecule has 0 radical (unpaired) electrons. The minimum absolute atomic E-state index is 0. The third-order valence-electron chi connectivity index (χ3n) is 3.69. The fourth-order valence-corrected chi connectivity index (χ4v) is 4.01. The van der Waals surface area contributed by atoms with Crippen molar-refractivity contribution in [3.8, 4) is 11.5 Å². The highest BCUT2D eigenvalue weighted by Gasteiger charge is 2.39.